The Balaban J connectivity index is 1.77. The fraction of sp³-hybridized carbons (Fsp3) is 0.316. The molecule has 2 aromatic rings. The first-order valence-corrected chi connectivity index (χ1v) is 8.88. The number of benzene rings is 1. The molecule has 7 nitrogen and oxygen atoms in total. The lowest BCUT2D eigenvalue weighted by molar-refractivity contribution is -0.119. The van der Waals surface area contributed by atoms with Crippen LogP contribution in [-0.2, 0) is 11.3 Å². The molecule has 1 N–H and O–H groups in total. The Morgan fingerprint density at radius 2 is 1.85 bits per heavy atom. The number of nitrogens with zero attached hydrogens (tertiary/aromatic N) is 4. The fourth-order valence-electron chi connectivity index (χ4n) is 3.07. The second kappa shape index (κ2) is 8.03. The van der Waals surface area contributed by atoms with Gasteiger partial charge in [0.2, 0.25) is 5.91 Å². The van der Waals surface area contributed by atoms with E-state index in [1.165, 1.54) is 11.0 Å². The molecule has 0 radical (unpaired) electrons. The number of halogens is 1. The quantitative estimate of drug-likeness (QED) is 0.847. The van der Waals surface area contributed by atoms with Gasteiger partial charge in [-0.25, -0.2) is 19.2 Å². The molecule has 1 aliphatic heterocycles. The molecule has 0 bridgehead atoms. The van der Waals surface area contributed by atoms with E-state index in [0.717, 1.165) is 0 Å². The Morgan fingerprint density at radius 3 is 2.56 bits per heavy atom. The van der Waals surface area contributed by atoms with Crippen LogP contribution in [0.4, 0.5) is 20.7 Å². The summed E-state index contributed by atoms with van der Waals surface area (Å²) in [5, 5.41) is 6.02. The number of nitrogens with one attached hydrogen (secondary N) is 1. The second-order valence-corrected chi connectivity index (χ2v) is 6.01. The SMILES string of the molecule is CCN1C(=O)N(CC(=O)NCc2ccccc2F)c2cccnc2N1CC. The van der Waals surface area contributed by atoms with E-state index in [1.807, 2.05) is 13.8 Å². The summed E-state index contributed by atoms with van der Waals surface area (Å²) in [7, 11) is 0. The van der Waals surface area contributed by atoms with E-state index < -0.39 is 0 Å². The van der Waals surface area contributed by atoms with Gasteiger partial charge in [0.25, 0.3) is 0 Å². The van der Waals surface area contributed by atoms with Gasteiger partial charge < -0.3 is 5.32 Å². The average molecular weight is 371 g/mol. The highest BCUT2D eigenvalue weighted by atomic mass is 19.1. The maximum atomic E-state index is 13.7. The number of pyridine rings is 1. The van der Waals surface area contributed by atoms with Crippen LogP contribution in [0.1, 0.15) is 19.4 Å². The van der Waals surface area contributed by atoms with Crippen molar-refractivity contribution in [2.24, 2.45) is 0 Å². The van der Waals surface area contributed by atoms with E-state index >= 15 is 0 Å². The van der Waals surface area contributed by atoms with E-state index in [9.17, 15) is 14.0 Å². The molecule has 0 atom stereocenters. The van der Waals surface area contributed by atoms with E-state index in [0.29, 0.717) is 30.2 Å². The second-order valence-electron chi connectivity index (χ2n) is 6.01. The number of fused-ring (bicyclic) bond motifs is 1. The normalized spacial score (nSPS) is 13.6. The number of aromatic nitrogens is 1. The predicted octanol–water partition coefficient (Wildman–Crippen LogP) is 2.54. The summed E-state index contributed by atoms with van der Waals surface area (Å²) in [5.74, 6) is -0.122. The van der Waals surface area contributed by atoms with Crippen LogP contribution >= 0.6 is 0 Å². The van der Waals surface area contributed by atoms with Crippen molar-refractivity contribution >= 4 is 23.4 Å². The Hall–Kier alpha value is -3.16. The number of carbonyl (C=O) groups excluding carboxylic acids is 2. The van der Waals surface area contributed by atoms with Crippen molar-refractivity contribution in [3.63, 3.8) is 0 Å². The van der Waals surface area contributed by atoms with Gasteiger partial charge in [-0.3, -0.25) is 14.7 Å². The van der Waals surface area contributed by atoms with Gasteiger partial charge >= 0.3 is 6.03 Å². The van der Waals surface area contributed by atoms with Crippen LogP contribution in [-0.4, -0.2) is 41.6 Å². The molecule has 0 saturated heterocycles. The molecule has 1 aromatic heterocycles. The Labute approximate surface area is 157 Å². The van der Waals surface area contributed by atoms with Crippen LogP contribution in [0.5, 0.6) is 0 Å². The lowest BCUT2D eigenvalue weighted by atomic mass is 10.2. The highest BCUT2D eigenvalue weighted by molar-refractivity contribution is 6.03. The van der Waals surface area contributed by atoms with Gasteiger partial charge in [0.1, 0.15) is 12.4 Å². The van der Waals surface area contributed by atoms with Crippen LogP contribution in [0.25, 0.3) is 0 Å². The topological polar surface area (TPSA) is 68.8 Å². The van der Waals surface area contributed by atoms with Gasteiger partial charge in [0, 0.05) is 31.4 Å². The molecule has 0 saturated carbocycles. The van der Waals surface area contributed by atoms with Gasteiger partial charge in [-0.2, -0.15) is 0 Å². The highest BCUT2D eigenvalue weighted by Crippen LogP contribution is 2.33. The molecule has 2 heterocycles. The van der Waals surface area contributed by atoms with E-state index in [4.69, 9.17) is 0 Å². The van der Waals surface area contributed by atoms with Crippen LogP contribution in [0.15, 0.2) is 42.6 Å². The van der Waals surface area contributed by atoms with E-state index in [2.05, 4.69) is 10.3 Å². The molecule has 0 aliphatic carbocycles. The standard InChI is InChI=1S/C19H22FN5O2/c1-3-24-18-16(10-7-11-21-18)23(19(27)25(24)4-2)13-17(26)22-12-14-8-5-6-9-15(14)20/h5-11H,3-4,12-13H2,1-2H3,(H,22,26). The highest BCUT2D eigenvalue weighted by Gasteiger charge is 2.36. The summed E-state index contributed by atoms with van der Waals surface area (Å²) in [5.41, 5.74) is 0.973. The third-order valence-corrected chi connectivity index (χ3v) is 4.38. The van der Waals surface area contributed by atoms with Gasteiger partial charge in [-0.05, 0) is 32.0 Å². The van der Waals surface area contributed by atoms with Gasteiger partial charge in [0.05, 0.1) is 5.69 Å². The van der Waals surface area contributed by atoms with Crippen LogP contribution in [0.3, 0.4) is 0 Å². The van der Waals surface area contributed by atoms with Gasteiger partial charge in [0.15, 0.2) is 5.82 Å². The third-order valence-electron chi connectivity index (χ3n) is 4.38. The van der Waals surface area contributed by atoms with Crippen molar-refractivity contribution in [3.8, 4) is 0 Å². The Kier molecular flexibility index (Phi) is 5.54. The number of anilines is 2. The Bertz CT molecular complexity index is 844. The molecule has 8 heteroatoms. The van der Waals surface area contributed by atoms with E-state index in [-0.39, 0.29) is 30.8 Å². The maximum Gasteiger partial charge on any atom is 0.343 e. The zero-order valence-electron chi connectivity index (χ0n) is 15.4. The monoisotopic (exact) mass is 371 g/mol. The van der Waals surface area contributed by atoms with Crippen LogP contribution in [0, 0.1) is 5.82 Å². The minimum Gasteiger partial charge on any atom is -0.350 e. The summed E-state index contributed by atoms with van der Waals surface area (Å²) >= 11 is 0. The van der Waals surface area contributed by atoms with E-state index in [1.54, 1.807) is 46.5 Å². The summed E-state index contributed by atoms with van der Waals surface area (Å²) in [6, 6.07) is 9.45. The van der Waals surface area contributed by atoms with Crippen molar-refractivity contribution in [1.82, 2.24) is 15.3 Å². The third kappa shape index (κ3) is 3.69. The summed E-state index contributed by atoms with van der Waals surface area (Å²) < 4.78 is 13.7. The Morgan fingerprint density at radius 1 is 1.11 bits per heavy atom. The van der Waals surface area contributed by atoms with Gasteiger partial charge in [-0.15, -0.1) is 0 Å². The maximum absolute atomic E-state index is 13.7. The minimum atomic E-state index is -0.378. The first-order valence-electron chi connectivity index (χ1n) is 8.88. The molecule has 0 spiro atoms. The molecule has 1 aliphatic rings. The molecule has 3 rings (SSSR count). The van der Waals surface area contributed by atoms with Crippen molar-refractivity contribution in [2.75, 3.05) is 29.5 Å². The zero-order chi connectivity index (χ0) is 19.4. The van der Waals surface area contributed by atoms with Crippen LogP contribution < -0.4 is 15.2 Å². The van der Waals surface area contributed by atoms with Crippen LogP contribution in [0.2, 0.25) is 0 Å². The molecule has 142 valence electrons. The number of rotatable bonds is 6. The average Bonchev–Trinajstić information content (AvgIpc) is 2.69. The minimum absolute atomic E-state index is 0.0615. The molecule has 3 amide bonds. The molecule has 27 heavy (non-hydrogen) atoms. The summed E-state index contributed by atoms with van der Waals surface area (Å²) in [6.45, 7) is 4.73. The van der Waals surface area contributed by atoms with Crippen molar-refractivity contribution < 1.29 is 14.0 Å². The molecule has 0 unspecified atom stereocenters. The molecule has 0 fully saturated rings. The lowest BCUT2D eigenvalue weighted by Crippen LogP contribution is -2.58. The first-order chi connectivity index (χ1) is 13.1. The number of hydrogen-bond acceptors (Lipinski definition) is 4. The number of hydrazine groups is 1. The number of amides is 3. The summed E-state index contributed by atoms with van der Waals surface area (Å²) in [4.78, 5) is 31.1. The largest absolute Gasteiger partial charge is 0.350 e. The molecular formula is C19H22FN5O2. The first kappa shape index (κ1) is 18.6. The summed E-state index contributed by atoms with van der Waals surface area (Å²) in [6.07, 6.45) is 1.65. The van der Waals surface area contributed by atoms with Crippen molar-refractivity contribution in [2.45, 2.75) is 20.4 Å². The molecule has 1 aromatic carbocycles. The van der Waals surface area contributed by atoms with Gasteiger partial charge in [-0.1, -0.05) is 18.2 Å². The van der Waals surface area contributed by atoms with Crippen molar-refractivity contribution in [3.05, 3.63) is 54.0 Å². The number of urea groups is 1. The predicted molar refractivity (Wildman–Crippen MR) is 101 cm³/mol. The zero-order valence-corrected chi connectivity index (χ0v) is 15.4. The number of hydrogen-bond donors (Lipinski definition) is 1. The molecular weight excluding hydrogens is 349 g/mol. The van der Waals surface area contributed by atoms with Crippen molar-refractivity contribution in [1.29, 1.82) is 0 Å². The lowest BCUT2D eigenvalue weighted by Gasteiger charge is -2.43. The number of carbonyl (C=O) groups is 2. The fourth-order valence-corrected chi connectivity index (χ4v) is 3.07. The smallest absolute Gasteiger partial charge is 0.343 e.